The SMILES string of the molecule is CC.CC(=O)c1cc(NCCOCCC(=O)C(C)C)cc(C(=O)NCC(N)=O)c1. The Labute approximate surface area is 172 Å². The highest BCUT2D eigenvalue weighted by Crippen LogP contribution is 2.16. The van der Waals surface area contributed by atoms with Gasteiger partial charge in [0.1, 0.15) is 5.78 Å². The Hall–Kier alpha value is -2.74. The van der Waals surface area contributed by atoms with Gasteiger partial charge in [-0.15, -0.1) is 0 Å². The lowest BCUT2D eigenvalue weighted by molar-refractivity contribution is -0.123. The van der Waals surface area contributed by atoms with E-state index < -0.39 is 11.8 Å². The van der Waals surface area contributed by atoms with Crippen LogP contribution in [0.25, 0.3) is 0 Å². The molecule has 0 bridgehead atoms. The standard InChI is InChI=1S/C19H27N3O5.C2H6/c1-12(2)17(24)4-6-27-7-5-21-16-9-14(13(3)23)8-15(10-16)19(26)22-11-18(20)25;1-2/h8-10,12,21H,4-7,11H2,1-3H3,(H2,20,25)(H,22,26);1-2H3. The lowest BCUT2D eigenvalue weighted by Gasteiger charge is -2.11. The summed E-state index contributed by atoms with van der Waals surface area (Å²) < 4.78 is 5.42. The number of amides is 2. The number of carbonyl (C=O) groups excluding carboxylic acids is 4. The number of primary amides is 1. The number of hydrogen-bond donors (Lipinski definition) is 3. The zero-order chi connectivity index (χ0) is 22.4. The molecule has 0 saturated heterocycles. The average Bonchev–Trinajstić information content (AvgIpc) is 2.69. The number of nitrogens with one attached hydrogen (secondary N) is 2. The van der Waals surface area contributed by atoms with Crippen LogP contribution < -0.4 is 16.4 Å². The van der Waals surface area contributed by atoms with Gasteiger partial charge in [-0.25, -0.2) is 0 Å². The Morgan fingerprint density at radius 3 is 2.21 bits per heavy atom. The lowest BCUT2D eigenvalue weighted by Crippen LogP contribution is -2.33. The summed E-state index contributed by atoms with van der Waals surface area (Å²) in [7, 11) is 0. The largest absolute Gasteiger partial charge is 0.383 e. The van der Waals surface area contributed by atoms with Crippen molar-refractivity contribution in [2.24, 2.45) is 11.7 Å². The zero-order valence-corrected chi connectivity index (χ0v) is 18.0. The van der Waals surface area contributed by atoms with Gasteiger partial charge < -0.3 is 21.1 Å². The van der Waals surface area contributed by atoms with Crippen molar-refractivity contribution in [3.63, 3.8) is 0 Å². The number of anilines is 1. The van der Waals surface area contributed by atoms with E-state index >= 15 is 0 Å². The second-order valence-corrected chi connectivity index (χ2v) is 6.41. The van der Waals surface area contributed by atoms with Crippen LogP contribution in [0.3, 0.4) is 0 Å². The minimum atomic E-state index is -0.655. The quantitative estimate of drug-likeness (QED) is 0.360. The van der Waals surface area contributed by atoms with Crippen molar-refractivity contribution in [3.05, 3.63) is 29.3 Å². The van der Waals surface area contributed by atoms with E-state index in [1.165, 1.54) is 13.0 Å². The fraction of sp³-hybridized carbons (Fsp3) is 0.524. The lowest BCUT2D eigenvalue weighted by atomic mass is 10.1. The molecule has 0 aliphatic heterocycles. The zero-order valence-electron chi connectivity index (χ0n) is 18.0. The van der Waals surface area contributed by atoms with Gasteiger partial charge in [0.2, 0.25) is 5.91 Å². The van der Waals surface area contributed by atoms with Crippen LogP contribution in [-0.4, -0.2) is 49.7 Å². The summed E-state index contributed by atoms with van der Waals surface area (Å²) in [5.74, 6) is -1.18. The number of benzene rings is 1. The predicted octanol–water partition coefficient (Wildman–Crippen LogP) is 2.17. The first kappa shape index (κ1) is 26.3. The van der Waals surface area contributed by atoms with Gasteiger partial charge in [-0.1, -0.05) is 27.7 Å². The van der Waals surface area contributed by atoms with Crippen molar-refractivity contribution < 1.29 is 23.9 Å². The van der Waals surface area contributed by atoms with Crippen LogP contribution in [0.2, 0.25) is 0 Å². The third kappa shape index (κ3) is 11.0. The van der Waals surface area contributed by atoms with Crippen molar-refractivity contribution in [1.82, 2.24) is 5.32 Å². The molecule has 0 aliphatic rings. The monoisotopic (exact) mass is 407 g/mol. The van der Waals surface area contributed by atoms with Crippen molar-refractivity contribution in [2.45, 2.75) is 41.0 Å². The van der Waals surface area contributed by atoms with Crippen molar-refractivity contribution >= 4 is 29.1 Å². The van der Waals surface area contributed by atoms with E-state index in [2.05, 4.69) is 10.6 Å². The first-order valence-electron chi connectivity index (χ1n) is 9.77. The number of ketones is 2. The summed E-state index contributed by atoms with van der Waals surface area (Å²) in [6.07, 6.45) is 0.377. The van der Waals surface area contributed by atoms with Crippen LogP contribution in [0, 0.1) is 5.92 Å². The second kappa shape index (κ2) is 14.3. The molecule has 1 rings (SSSR count). The first-order valence-corrected chi connectivity index (χ1v) is 9.77. The third-order valence-electron chi connectivity index (χ3n) is 3.74. The molecule has 0 heterocycles. The van der Waals surface area contributed by atoms with Crippen LogP contribution in [0.1, 0.15) is 61.8 Å². The highest BCUT2D eigenvalue weighted by atomic mass is 16.5. The molecule has 0 aliphatic carbocycles. The van der Waals surface area contributed by atoms with Gasteiger partial charge in [-0.05, 0) is 25.1 Å². The Kier molecular flexibility index (Phi) is 12.9. The maximum atomic E-state index is 12.1. The molecular formula is C21H33N3O5. The summed E-state index contributed by atoms with van der Waals surface area (Å²) >= 11 is 0. The first-order chi connectivity index (χ1) is 13.7. The topological polar surface area (TPSA) is 128 Å². The van der Waals surface area contributed by atoms with E-state index in [1.807, 2.05) is 27.7 Å². The Balaban J connectivity index is 0.00000379. The highest BCUT2D eigenvalue weighted by Gasteiger charge is 2.12. The summed E-state index contributed by atoms with van der Waals surface area (Å²) in [4.78, 5) is 46.1. The number of carbonyl (C=O) groups is 4. The number of rotatable bonds is 12. The van der Waals surface area contributed by atoms with E-state index in [-0.39, 0.29) is 29.6 Å². The van der Waals surface area contributed by atoms with Crippen molar-refractivity contribution in [3.8, 4) is 0 Å². The van der Waals surface area contributed by atoms with E-state index in [9.17, 15) is 19.2 Å². The van der Waals surface area contributed by atoms with Crippen LogP contribution in [0.5, 0.6) is 0 Å². The number of Topliss-reactive ketones (excluding diaryl/α,β-unsaturated/α-hetero) is 2. The number of hydrogen-bond acceptors (Lipinski definition) is 6. The van der Waals surface area contributed by atoms with E-state index in [0.29, 0.717) is 37.4 Å². The molecule has 0 aromatic heterocycles. The Morgan fingerprint density at radius 1 is 1.03 bits per heavy atom. The maximum absolute atomic E-state index is 12.1. The average molecular weight is 408 g/mol. The van der Waals surface area contributed by atoms with E-state index in [4.69, 9.17) is 10.5 Å². The molecule has 8 nitrogen and oxygen atoms in total. The molecule has 0 saturated carbocycles. The summed E-state index contributed by atoms with van der Waals surface area (Å²) in [5.41, 5.74) is 6.20. The highest BCUT2D eigenvalue weighted by molar-refractivity contribution is 6.01. The molecule has 0 radical (unpaired) electrons. The predicted molar refractivity (Wildman–Crippen MR) is 113 cm³/mol. The molecule has 29 heavy (non-hydrogen) atoms. The summed E-state index contributed by atoms with van der Waals surface area (Å²) in [5, 5.41) is 5.46. The normalized spacial score (nSPS) is 10.0. The van der Waals surface area contributed by atoms with Crippen molar-refractivity contribution in [2.75, 3.05) is 31.6 Å². The fourth-order valence-electron chi connectivity index (χ4n) is 2.16. The second-order valence-electron chi connectivity index (χ2n) is 6.41. The van der Waals surface area contributed by atoms with Crippen LogP contribution >= 0.6 is 0 Å². The molecule has 1 aromatic carbocycles. The van der Waals surface area contributed by atoms with Crippen molar-refractivity contribution in [1.29, 1.82) is 0 Å². The van der Waals surface area contributed by atoms with Crippen LogP contribution in [0.15, 0.2) is 18.2 Å². The maximum Gasteiger partial charge on any atom is 0.251 e. The van der Waals surface area contributed by atoms with E-state index in [1.54, 1.807) is 12.1 Å². The summed E-state index contributed by atoms with van der Waals surface area (Å²) in [6, 6.07) is 4.67. The molecular weight excluding hydrogens is 374 g/mol. The Morgan fingerprint density at radius 2 is 1.66 bits per heavy atom. The van der Waals surface area contributed by atoms with Gasteiger partial charge in [-0.3, -0.25) is 19.2 Å². The van der Waals surface area contributed by atoms with Gasteiger partial charge in [0.15, 0.2) is 5.78 Å². The molecule has 4 N–H and O–H groups in total. The van der Waals surface area contributed by atoms with Crippen LogP contribution in [0.4, 0.5) is 5.69 Å². The summed E-state index contributed by atoms with van der Waals surface area (Å²) in [6.45, 7) is 9.99. The molecule has 1 aromatic rings. The minimum absolute atomic E-state index is 0.000164. The smallest absolute Gasteiger partial charge is 0.251 e. The Bertz CT molecular complexity index is 702. The van der Waals surface area contributed by atoms with E-state index in [0.717, 1.165) is 0 Å². The molecule has 2 amide bonds. The van der Waals surface area contributed by atoms with Gasteiger partial charge >= 0.3 is 0 Å². The molecule has 0 fully saturated rings. The van der Waals surface area contributed by atoms with Gasteiger partial charge in [0.25, 0.3) is 5.91 Å². The number of nitrogens with two attached hydrogens (primary N) is 1. The van der Waals surface area contributed by atoms with Gasteiger partial charge in [0.05, 0.1) is 19.8 Å². The molecule has 162 valence electrons. The van der Waals surface area contributed by atoms with Crippen LogP contribution in [-0.2, 0) is 14.3 Å². The van der Waals surface area contributed by atoms with Gasteiger partial charge in [0, 0.05) is 35.7 Å². The molecule has 0 unspecified atom stereocenters. The van der Waals surface area contributed by atoms with Gasteiger partial charge in [-0.2, -0.15) is 0 Å². The molecule has 8 heteroatoms. The number of ether oxygens (including phenoxy) is 1. The third-order valence-corrected chi connectivity index (χ3v) is 3.74. The fourth-order valence-corrected chi connectivity index (χ4v) is 2.16. The molecule has 0 atom stereocenters. The minimum Gasteiger partial charge on any atom is -0.383 e. The molecule has 0 spiro atoms.